The van der Waals surface area contributed by atoms with Crippen molar-refractivity contribution in [3.8, 4) is 10.6 Å². The minimum absolute atomic E-state index is 0.917. The number of halogens is 1. The Bertz CT molecular complexity index is 828. The monoisotopic (exact) mass is 414 g/mol. The van der Waals surface area contributed by atoms with Gasteiger partial charge in [0.1, 0.15) is 10.8 Å². The fourth-order valence-electron chi connectivity index (χ4n) is 3.04. The maximum Gasteiger partial charge on any atom is 0.128 e. The first-order valence-electron chi connectivity index (χ1n) is 8.36. The van der Waals surface area contributed by atoms with Crippen LogP contribution in [0.3, 0.4) is 0 Å². The van der Waals surface area contributed by atoms with Crippen LogP contribution in [0.15, 0.2) is 58.5 Å². The van der Waals surface area contributed by atoms with Gasteiger partial charge in [-0.15, -0.1) is 11.3 Å². The number of nitrogens with zero attached hydrogens (tertiary/aromatic N) is 4. The van der Waals surface area contributed by atoms with Crippen molar-refractivity contribution in [3.05, 3.63) is 64.2 Å². The van der Waals surface area contributed by atoms with Crippen molar-refractivity contribution in [3.63, 3.8) is 0 Å². The third-order valence-electron chi connectivity index (χ3n) is 4.35. The molecule has 1 aliphatic rings. The van der Waals surface area contributed by atoms with Crippen molar-refractivity contribution in [2.45, 2.75) is 6.54 Å². The van der Waals surface area contributed by atoms with Crippen LogP contribution in [0.4, 0.5) is 5.82 Å². The van der Waals surface area contributed by atoms with Crippen LogP contribution in [0, 0.1) is 0 Å². The quantitative estimate of drug-likeness (QED) is 0.637. The van der Waals surface area contributed by atoms with Crippen LogP contribution in [-0.2, 0) is 6.54 Å². The topological polar surface area (TPSA) is 32.3 Å². The first-order chi connectivity index (χ1) is 12.3. The first kappa shape index (κ1) is 16.7. The SMILES string of the molecule is Brc1cccc(-c2nc(CN3CCN(c4ccccn4)CC3)cs2)c1. The summed E-state index contributed by atoms with van der Waals surface area (Å²) in [5.41, 5.74) is 2.33. The van der Waals surface area contributed by atoms with Gasteiger partial charge in [0.25, 0.3) is 0 Å². The molecule has 6 heteroatoms. The zero-order valence-electron chi connectivity index (χ0n) is 13.8. The standard InChI is InChI=1S/C19H19BrN4S/c20-16-5-3-4-15(12-16)19-22-17(14-25-19)13-23-8-10-24(11-9-23)18-6-1-2-7-21-18/h1-7,12,14H,8-11,13H2. The molecule has 1 saturated heterocycles. The normalized spacial score (nSPS) is 15.5. The average molecular weight is 415 g/mol. The lowest BCUT2D eigenvalue weighted by Gasteiger charge is -2.35. The van der Waals surface area contributed by atoms with E-state index in [2.05, 4.69) is 60.4 Å². The molecule has 0 spiro atoms. The molecule has 0 N–H and O–H groups in total. The molecule has 0 amide bonds. The predicted octanol–water partition coefficient (Wildman–Crippen LogP) is 4.29. The first-order valence-corrected chi connectivity index (χ1v) is 10.0. The molecule has 4 rings (SSSR count). The van der Waals surface area contributed by atoms with E-state index in [4.69, 9.17) is 4.98 Å². The molecule has 0 unspecified atom stereocenters. The third-order valence-corrected chi connectivity index (χ3v) is 5.79. The summed E-state index contributed by atoms with van der Waals surface area (Å²) in [6.45, 7) is 5.03. The summed E-state index contributed by atoms with van der Waals surface area (Å²) in [6, 6.07) is 14.4. The second kappa shape index (κ2) is 7.64. The van der Waals surface area contributed by atoms with Crippen LogP contribution < -0.4 is 4.90 Å². The molecule has 1 aliphatic heterocycles. The summed E-state index contributed by atoms with van der Waals surface area (Å²) >= 11 is 5.25. The van der Waals surface area contributed by atoms with Crippen molar-refractivity contribution in [1.29, 1.82) is 0 Å². The minimum Gasteiger partial charge on any atom is -0.354 e. The summed E-state index contributed by atoms with van der Waals surface area (Å²) < 4.78 is 1.09. The highest BCUT2D eigenvalue weighted by Crippen LogP contribution is 2.26. The van der Waals surface area contributed by atoms with E-state index in [9.17, 15) is 0 Å². The molecular formula is C19H19BrN4S. The van der Waals surface area contributed by atoms with Gasteiger partial charge >= 0.3 is 0 Å². The van der Waals surface area contributed by atoms with Crippen LogP contribution in [0.1, 0.15) is 5.69 Å². The maximum atomic E-state index is 4.82. The second-order valence-corrected chi connectivity index (χ2v) is 7.88. The second-order valence-electron chi connectivity index (χ2n) is 6.11. The van der Waals surface area contributed by atoms with Crippen LogP contribution in [0.5, 0.6) is 0 Å². The molecule has 0 saturated carbocycles. The largest absolute Gasteiger partial charge is 0.354 e. The van der Waals surface area contributed by atoms with E-state index in [-0.39, 0.29) is 0 Å². The Hall–Kier alpha value is -1.76. The van der Waals surface area contributed by atoms with E-state index in [1.165, 1.54) is 5.56 Å². The Labute approximate surface area is 160 Å². The summed E-state index contributed by atoms with van der Waals surface area (Å²) in [4.78, 5) is 14.1. The fraction of sp³-hybridized carbons (Fsp3) is 0.263. The minimum atomic E-state index is 0.917. The van der Waals surface area contributed by atoms with Crippen LogP contribution >= 0.6 is 27.3 Å². The molecule has 1 fully saturated rings. The lowest BCUT2D eigenvalue weighted by atomic mass is 10.2. The summed E-state index contributed by atoms with van der Waals surface area (Å²) in [6.07, 6.45) is 1.86. The highest BCUT2D eigenvalue weighted by molar-refractivity contribution is 9.10. The zero-order chi connectivity index (χ0) is 17.1. The molecule has 0 atom stereocenters. The van der Waals surface area contributed by atoms with Crippen LogP contribution in [0.2, 0.25) is 0 Å². The number of hydrogen-bond donors (Lipinski definition) is 0. The summed E-state index contributed by atoms with van der Waals surface area (Å²) in [7, 11) is 0. The van der Waals surface area contributed by atoms with Gasteiger partial charge in [-0.05, 0) is 24.3 Å². The van der Waals surface area contributed by atoms with Crippen molar-refractivity contribution in [2.75, 3.05) is 31.1 Å². The van der Waals surface area contributed by atoms with Crippen molar-refractivity contribution in [2.24, 2.45) is 0 Å². The van der Waals surface area contributed by atoms with Crippen LogP contribution in [-0.4, -0.2) is 41.0 Å². The molecule has 3 aromatic rings. The third kappa shape index (κ3) is 4.08. The molecule has 1 aromatic carbocycles. The summed E-state index contributed by atoms with van der Waals surface area (Å²) in [5.74, 6) is 1.08. The Morgan fingerprint density at radius 2 is 1.92 bits per heavy atom. The Kier molecular flexibility index (Phi) is 5.10. The van der Waals surface area contributed by atoms with Gasteiger partial charge in [0.05, 0.1) is 5.69 Å². The van der Waals surface area contributed by atoms with Gasteiger partial charge in [-0.1, -0.05) is 34.1 Å². The molecular weight excluding hydrogens is 396 g/mol. The molecule has 2 aromatic heterocycles. The van der Waals surface area contributed by atoms with Crippen molar-refractivity contribution in [1.82, 2.24) is 14.9 Å². The molecule has 0 aliphatic carbocycles. The van der Waals surface area contributed by atoms with E-state index >= 15 is 0 Å². The number of anilines is 1. The van der Waals surface area contributed by atoms with Gasteiger partial charge in [-0.3, -0.25) is 4.90 Å². The van der Waals surface area contributed by atoms with E-state index in [0.29, 0.717) is 0 Å². The Morgan fingerprint density at radius 1 is 1.04 bits per heavy atom. The fourth-order valence-corrected chi connectivity index (χ4v) is 4.25. The maximum absolute atomic E-state index is 4.82. The smallest absolute Gasteiger partial charge is 0.128 e. The lowest BCUT2D eigenvalue weighted by molar-refractivity contribution is 0.247. The van der Waals surface area contributed by atoms with Crippen LogP contribution in [0.25, 0.3) is 10.6 Å². The van der Waals surface area contributed by atoms with Gasteiger partial charge in [0.15, 0.2) is 0 Å². The number of hydrogen-bond acceptors (Lipinski definition) is 5. The highest BCUT2D eigenvalue weighted by atomic mass is 79.9. The number of pyridine rings is 1. The molecule has 128 valence electrons. The number of piperazine rings is 1. The molecule has 4 nitrogen and oxygen atoms in total. The van der Waals surface area contributed by atoms with Gasteiger partial charge in [0.2, 0.25) is 0 Å². The number of benzene rings is 1. The van der Waals surface area contributed by atoms with Gasteiger partial charge < -0.3 is 4.90 Å². The summed E-state index contributed by atoms with van der Waals surface area (Å²) in [5, 5.41) is 3.27. The van der Waals surface area contributed by atoms with Gasteiger partial charge in [0, 0.05) is 54.3 Å². The Morgan fingerprint density at radius 3 is 2.68 bits per heavy atom. The van der Waals surface area contributed by atoms with Gasteiger partial charge in [-0.2, -0.15) is 0 Å². The molecule has 25 heavy (non-hydrogen) atoms. The molecule has 0 bridgehead atoms. The number of thiazole rings is 1. The lowest BCUT2D eigenvalue weighted by Crippen LogP contribution is -2.46. The van der Waals surface area contributed by atoms with Crippen molar-refractivity contribution >= 4 is 33.1 Å². The van der Waals surface area contributed by atoms with E-state index in [1.807, 2.05) is 24.4 Å². The molecule has 0 radical (unpaired) electrons. The number of rotatable bonds is 4. The average Bonchev–Trinajstić information content (AvgIpc) is 3.12. The van der Waals surface area contributed by atoms with Gasteiger partial charge in [-0.25, -0.2) is 9.97 Å². The Balaban J connectivity index is 1.36. The number of aromatic nitrogens is 2. The zero-order valence-corrected chi connectivity index (χ0v) is 16.2. The van der Waals surface area contributed by atoms with Crippen molar-refractivity contribution < 1.29 is 0 Å². The van der Waals surface area contributed by atoms with E-state index in [0.717, 1.165) is 53.7 Å². The van der Waals surface area contributed by atoms with E-state index < -0.39 is 0 Å². The highest BCUT2D eigenvalue weighted by Gasteiger charge is 2.18. The van der Waals surface area contributed by atoms with E-state index in [1.54, 1.807) is 11.3 Å². The predicted molar refractivity (Wildman–Crippen MR) is 107 cm³/mol. The molecule has 3 heterocycles.